The zero-order valence-electron chi connectivity index (χ0n) is 20.0. The largest absolute Gasteiger partial charge is 0.461 e. The van der Waals surface area contributed by atoms with Crippen molar-refractivity contribution in [3.8, 4) is 0 Å². The van der Waals surface area contributed by atoms with Crippen LogP contribution in [-0.4, -0.2) is 41.3 Å². The second kappa shape index (κ2) is 10.9. The number of Topliss-reactive ketones (excluding diaryl/α,β-unsaturated/α-hetero) is 1. The summed E-state index contributed by atoms with van der Waals surface area (Å²) in [5.74, 6) is -1.16. The maximum Gasteiger partial charge on any atom is 0.329 e. The van der Waals surface area contributed by atoms with E-state index in [9.17, 15) is 14.4 Å². The van der Waals surface area contributed by atoms with Gasteiger partial charge >= 0.3 is 5.97 Å². The van der Waals surface area contributed by atoms with Crippen LogP contribution in [0.15, 0.2) is 30.3 Å². The molecule has 0 aliphatic carbocycles. The average Bonchev–Trinajstić information content (AvgIpc) is 2.75. The number of amides is 1. The van der Waals surface area contributed by atoms with E-state index in [0.29, 0.717) is 13.0 Å². The first kappa shape index (κ1) is 25.1. The van der Waals surface area contributed by atoms with Crippen molar-refractivity contribution in [2.24, 2.45) is 17.3 Å². The maximum atomic E-state index is 13.1. The molecule has 2 unspecified atom stereocenters. The number of rotatable bonds is 9. The quantitative estimate of drug-likeness (QED) is 0.417. The third-order valence-electron chi connectivity index (χ3n) is 6.83. The standard InChI is InChI=1S/C26H39NO4/c1-18(2)22(16-15-20-12-8-7-9-13-20)31-25(30)21-14-10-11-17-27(21)24(29)23(28)26(5,6)19(3)4/h7-9,12-13,18-19,21-22H,10-11,14-17H2,1-6H3. The zero-order valence-corrected chi connectivity index (χ0v) is 20.0. The lowest BCUT2D eigenvalue weighted by atomic mass is 9.76. The van der Waals surface area contributed by atoms with Crippen molar-refractivity contribution in [2.45, 2.75) is 85.8 Å². The maximum absolute atomic E-state index is 13.1. The van der Waals surface area contributed by atoms with Gasteiger partial charge in [-0.3, -0.25) is 9.59 Å². The molecule has 31 heavy (non-hydrogen) atoms. The predicted octanol–water partition coefficient (Wildman–Crippen LogP) is 4.82. The first-order valence-corrected chi connectivity index (χ1v) is 11.7. The number of hydrogen-bond acceptors (Lipinski definition) is 4. The van der Waals surface area contributed by atoms with Gasteiger partial charge in [0.15, 0.2) is 0 Å². The van der Waals surface area contributed by atoms with E-state index < -0.39 is 23.1 Å². The fourth-order valence-electron chi connectivity index (χ4n) is 3.80. The Morgan fingerprint density at radius 1 is 1.06 bits per heavy atom. The summed E-state index contributed by atoms with van der Waals surface area (Å²) in [6.45, 7) is 12.0. The lowest BCUT2D eigenvalue weighted by Gasteiger charge is -2.37. The molecule has 0 bridgehead atoms. The molecule has 2 rings (SSSR count). The summed E-state index contributed by atoms with van der Waals surface area (Å²) in [6.07, 6.45) is 3.52. The molecule has 1 saturated heterocycles. The molecular weight excluding hydrogens is 390 g/mol. The highest BCUT2D eigenvalue weighted by Gasteiger charge is 2.42. The van der Waals surface area contributed by atoms with Crippen LogP contribution in [0.1, 0.15) is 72.8 Å². The van der Waals surface area contributed by atoms with Crippen molar-refractivity contribution in [1.82, 2.24) is 4.90 Å². The van der Waals surface area contributed by atoms with Crippen LogP contribution in [0.5, 0.6) is 0 Å². The highest BCUT2D eigenvalue weighted by Crippen LogP contribution is 2.30. The van der Waals surface area contributed by atoms with Gasteiger partial charge in [0.1, 0.15) is 12.1 Å². The molecule has 0 N–H and O–H groups in total. The van der Waals surface area contributed by atoms with E-state index in [-0.39, 0.29) is 23.9 Å². The molecule has 0 saturated carbocycles. The Balaban J connectivity index is 2.09. The van der Waals surface area contributed by atoms with Gasteiger partial charge in [0.2, 0.25) is 5.78 Å². The number of ether oxygens (including phenoxy) is 1. The van der Waals surface area contributed by atoms with E-state index in [1.165, 1.54) is 10.5 Å². The van der Waals surface area contributed by atoms with Crippen LogP contribution in [0.3, 0.4) is 0 Å². The number of carbonyl (C=O) groups excluding carboxylic acids is 3. The number of aryl methyl sites for hydroxylation is 1. The fourth-order valence-corrected chi connectivity index (χ4v) is 3.80. The Kier molecular flexibility index (Phi) is 8.84. The number of esters is 1. The van der Waals surface area contributed by atoms with Crippen molar-refractivity contribution in [1.29, 1.82) is 0 Å². The summed E-state index contributed by atoms with van der Waals surface area (Å²) < 4.78 is 5.92. The molecule has 0 radical (unpaired) electrons. The number of nitrogens with zero attached hydrogens (tertiary/aromatic N) is 1. The third-order valence-corrected chi connectivity index (χ3v) is 6.83. The van der Waals surface area contributed by atoms with Gasteiger partial charge in [-0.2, -0.15) is 0 Å². The minimum absolute atomic E-state index is 0.0300. The first-order valence-electron chi connectivity index (χ1n) is 11.7. The number of piperidine rings is 1. The second-order valence-corrected chi connectivity index (χ2v) is 9.96. The molecule has 5 heteroatoms. The Morgan fingerprint density at radius 3 is 2.29 bits per heavy atom. The Bertz CT molecular complexity index is 754. The van der Waals surface area contributed by atoms with Gasteiger partial charge in [-0.25, -0.2) is 4.79 Å². The number of hydrogen-bond donors (Lipinski definition) is 0. The molecule has 1 aliphatic heterocycles. The van der Waals surface area contributed by atoms with Crippen LogP contribution < -0.4 is 0 Å². The summed E-state index contributed by atoms with van der Waals surface area (Å²) in [4.78, 5) is 40.6. The Hall–Kier alpha value is -2.17. The molecule has 0 spiro atoms. The number of likely N-dealkylation sites (tertiary alicyclic amines) is 1. The molecule has 2 atom stereocenters. The lowest BCUT2D eigenvalue weighted by molar-refractivity contribution is -0.166. The van der Waals surface area contributed by atoms with Crippen LogP contribution in [0.2, 0.25) is 0 Å². The third kappa shape index (κ3) is 6.41. The molecule has 1 heterocycles. The average molecular weight is 430 g/mol. The summed E-state index contributed by atoms with van der Waals surface area (Å²) in [5, 5.41) is 0. The highest BCUT2D eigenvalue weighted by atomic mass is 16.5. The van der Waals surface area contributed by atoms with E-state index in [2.05, 4.69) is 12.1 Å². The van der Waals surface area contributed by atoms with Crippen LogP contribution >= 0.6 is 0 Å². The SMILES string of the molecule is CC(C)C(CCc1ccccc1)OC(=O)C1CCCCN1C(=O)C(=O)C(C)(C)C(C)C. The summed E-state index contributed by atoms with van der Waals surface area (Å²) >= 11 is 0. The van der Waals surface area contributed by atoms with Crippen LogP contribution in [0.4, 0.5) is 0 Å². The van der Waals surface area contributed by atoms with Gasteiger partial charge in [0.05, 0.1) is 0 Å². The van der Waals surface area contributed by atoms with Crippen molar-refractivity contribution < 1.29 is 19.1 Å². The van der Waals surface area contributed by atoms with Gasteiger partial charge in [0, 0.05) is 12.0 Å². The van der Waals surface area contributed by atoms with Gasteiger partial charge in [-0.1, -0.05) is 71.9 Å². The number of benzene rings is 1. The Morgan fingerprint density at radius 2 is 1.71 bits per heavy atom. The van der Waals surface area contributed by atoms with Crippen LogP contribution in [-0.2, 0) is 25.5 Å². The first-order chi connectivity index (χ1) is 14.6. The molecular formula is C26H39NO4. The zero-order chi connectivity index (χ0) is 23.2. The fraction of sp³-hybridized carbons (Fsp3) is 0.654. The number of carbonyl (C=O) groups is 3. The van der Waals surface area contributed by atoms with Crippen molar-refractivity contribution in [3.05, 3.63) is 35.9 Å². The molecule has 172 valence electrons. The summed E-state index contributed by atoms with van der Waals surface area (Å²) in [7, 11) is 0. The minimum atomic E-state index is -0.765. The normalized spacial score (nSPS) is 18.2. The molecule has 1 aromatic carbocycles. The van der Waals surface area contributed by atoms with Crippen molar-refractivity contribution >= 4 is 17.7 Å². The van der Waals surface area contributed by atoms with Crippen molar-refractivity contribution in [3.63, 3.8) is 0 Å². The van der Waals surface area contributed by atoms with E-state index in [4.69, 9.17) is 4.74 Å². The van der Waals surface area contributed by atoms with E-state index in [0.717, 1.165) is 25.7 Å². The molecule has 5 nitrogen and oxygen atoms in total. The van der Waals surface area contributed by atoms with Gasteiger partial charge < -0.3 is 9.64 Å². The molecule has 1 aromatic rings. The molecule has 1 amide bonds. The summed E-state index contributed by atoms with van der Waals surface area (Å²) in [6, 6.07) is 9.47. The monoisotopic (exact) mass is 429 g/mol. The van der Waals surface area contributed by atoms with Gasteiger partial charge in [-0.05, 0) is 49.5 Å². The predicted molar refractivity (Wildman–Crippen MR) is 122 cm³/mol. The van der Waals surface area contributed by atoms with Crippen molar-refractivity contribution in [2.75, 3.05) is 6.54 Å². The topological polar surface area (TPSA) is 63.7 Å². The number of ketones is 1. The van der Waals surface area contributed by atoms with Crippen LogP contribution in [0, 0.1) is 17.3 Å². The Labute approximate surface area is 187 Å². The summed E-state index contributed by atoms with van der Waals surface area (Å²) in [5.41, 5.74) is 0.444. The smallest absolute Gasteiger partial charge is 0.329 e. The molecule has 1 aliphatic rings. The van der Waals surface area contributed by atoms with E-state index in [1.54, 1.807) is 13.8 Å². The van der Waals surface area contributed by atoms with Gasteiger partial charge in [0.25, 0.3) is 5.91 Å². The van der Waals surface area contributed by atoms with Gasteiger partial charge in [-0.15, -0.1) is 0 Å². The van der Waals surface area contributed by atoms with E-state index in [1.807, 2.05) is 45.9 Å². The lowest BCUT2D eigenvalue weighted by Crippen LogP contribution is -2.54. The minimum Gasteiger partial charge on any atom is -0.461 e. The highest BCUT2D eigenvalue weighted by molar-refractivity contribution is 6.38. The van der Waals surface area contributed by atoms with E-state index >= 15 is 0 Å². The second-order valence-electron chi connectivity index (χ2n) is 9.96. The molecule has 1 fully saturated rings. The molecule has 0 aromatic heterocycles. The van der Waals surface area contributed by atoms with Crippen LogP contribution in [0.25, 0.3) is 0 Å².